The van der Waals surface area contributed by atoms with Gasteiger partial charge in [0.15, 0.2) is 6.10 Å². The Labute approximate surface area is 132 Å². The molecule has 0 heterocycles. The monoisotopic (exact) mass is 303 g/mol. The minimum absolute atomic E-state index is 0.0240. The zero-order chi connectivity index (χ0) is 15.5. The number of methoxy groups -OCH3 is 1. The summed E-state index contributed by atoms with van der Waals surface area (Å²) in [6.07, 6.45) is 5.30. The van der Waals surface area contributed by atoms with Crippen molar-refractivity contribution in [1.29, 1.82) is 0 Å². The van der Waals surface area contributed by atoms with Crippen LogP contribution in [0.25, 0.3) is 0 Å². The van der Waals surface area contributed by atoms with Gasteiger partial charge in [0.25, 0.3) is 5.91 Å². The lowest BCUT2D eigenvalue weighted by atomic mass is 9.95. The standard InChI is InChI=1S/C18H25NO3/c1-3-17(22-15-8-6-14(21-2)7-9-15)18(20)19-16-11-12-4-5-13(16)10-12/h6-9,12-13,16-17H,3-5,10-11H2,1-2H3,(H,19,20)/t12-,13-,16+,17-/m0/s1. The second kappa shape index (κ2) is 6.59. The molecule has 4 nitrogen and oxygen atoms in total. The second-order valence-electron chi connectivity index (χ2n) is 6.48. The summed E-state index contributed by atoms with van der Waals surface area (Å²) in [5.74, 6) is 3.03. The summed E-state index contributed by atoms with van der Waals surface area (Å²) < 4.78 is 11.0. The van der Waals surface area contributed by atoms with Crippen molar-refractivity contribution in [3.63, 3.8) is 0 Å². The van der Waals surface area contributed by atoms with E-state index in [4.69, 9.17) is 9.47 Å². The molecule has 2 aliphatic rings. The van der Waals surface area contributed by atoms with Crippen LogP contribution in [0.15, 0.2) is 24.3 Å². The lowest BCUT2D eigenvalue weighted by Gasteiger charge is -2.25. The second-order valence-corrected chi connectivity index (χ2v) is 6.48. The molecule has 0 saturated heterocycles. The van der Waals surface area contributed by atoms with Gasteiger partial charge in [-0.2, -0.15) is 0 Å². The van der Waals surface area contributed by atoms with E-state index in [0.29, 0.717) is 24.1 Å². The fraction of sp³-hybridized carbons (Fsp3) is 0.611. The molecule has 2 aliphatic carbocycles. The van der Waals surface area contributed by atoms with Crippen molar-refractivity contribution in [2.75, 3.05) is 7.11 Å². The van der Waals surface area contributed by atoms with Gasteiger partial charge in [-0.25, -0.2) is 0 Å². The van der Waals surface area contributed by atoms with E-state index in [0.717, 1.165) is 18.1 Å². The Morgan fingerprint density at radius 1 is 1.23 bits per heavy atom. The number of nitrogens with one attached hydrogen (secondary N) is 1. The molecule has 3 rings (SSSR count). The minimum Gasteiger partial charge on any atom is -0.497 e. The third kappa shape index (κ3) is 3.21. The Kier molecular flexibility index (Phi) is 4.55. The molecule has 0 radical (unpaired) electrons. The van der Waals surface area contributed by atoms with Gasteiger partial charge in [-0.3, -0.25) is 4.79 Å². The van der Waals surface area contributed by atoms with E-state index < -0.39 is 6.10 Å². The molecule has 1 N–H and O–H groups in total. The van der Waals surface area contributed by atoms with Crippen molar-refractivity contribution >= 4 is 5.91 Å². The van der Waals surface area contributed by atoms with E-state index in [1.165, 1.54) is 19.3 Å². The lowest BCUT2D eigenvalue weighted by molar-refractivity contribution is -0.129. The molecule has 2 saturated carbocycles. The van der Waals surface area contributed by atoms with Crippen molar-refractivity contribution < 1.29 is 14.3 Å². The van der Waals surface area contributed by atoms with Crippen molar-refractivity contribution in [3.05, 3.63) is 24.3 Å². The van der Waals surface area contributed by atoms with E-state index in [1.807, 2.05) is 31.2 Å². The molecule has 2 bridgehead atoms. The van der Waals surface area contributed by atoms with E-state index in [9.17, 15) is 4.79 Å². The number of carbonyl (C=O) groups excluding carboxylic acids is 1. The van der Waals surface area contributed by atoms with Crippen molar-refractivity contribution in [2.24, 2.45) is 11.8 Å². The van der Waals surface area contributed by atoms with Crippen LogP contribution in [0.3, 0.4) is 0 Å². The minimum atomic E-state index is -0.424. The fourth-order valence-corrected chi connectivity index (χ4v) is 3.84. The predicted molar refractivity (Wildman–Crippen MR) is 85.1 cm³/mol. The number of rotatable bonds is 6. The summed E-state index contributed by atoms with van der Waals surface area (Å²) in [6, 6.07) is 7.73. The molecule has 4 heteroatoms. The zero-order valence-corrected chi connectivity index (χ0v) is 13.4. The van der Waals surface area contributed by atoms with Gasteiger partial charge >= 0.3 is 0 Å². The van der Waals surface area contributed by atoms with E-state index >= 15 is 0 Å². The molecule has 2 fully saturated rings. The molecule has 22 heavy (non-hydrogen) atoms. The normalized spacial score (nSPS) is 27.5. The summed E-state index contributed by atoms with van der Waals surface area (Å²) in [4.78, 5) is 12.5. The molecule has 0 spiro atoms. The van der Waals surface area contributed by atoms with Crippen LogP contribution >= 0.6 is 0 Å². The van der Waals surface area contributed by atoms with Crippen molar-refractivity contribution in [1.82, 2.24) is 5.32 Å². The maximum absolute atomic E-state index is 12.5. The quantitative estimate of drug-likeness (QED) is 0.878. The molecule has 120 valence electrons. The lowest BCUT2D eigenvalue weighted by Crippen LogP contribution is -2.45. The molecule has 1 amide bonds. The van der Waals surface area contributed by atoms with Gasteiger partial charge < -0.3 is 14.8 Å². The predicted octanol–water partition coefficient (Wildman–Crippen LogP) is 3.16. The van der Waals surface area contributed by atoms with Gasteiger partial charge in [-0.05, 0) is 61.8 Å². The first-order chi connectivity index (χ1) is 10.7. The van der Waals surface area contributed by atoms with E-state index in [1.54, 1.807) is 7.11 Å². The molecule has 4 atom stereocenters. The first kappa shape index (κ1) is 15.2. The van der Waals surface area contributed by atoms with Crippen LogP contribution in [0, 0.1) is 11.8 Å². The van der Waals surface area contributed by atoms with Gasteiger partial charge in [0.1, 0.15) is 11.5 Å². The molecule has 0 unspecified atom stereocenters. The number of hydrogen-bond donors (Lipinski definition) is 1. The molecule has 1 aromatic carbocycles. The number of benzene rings is 1. The zero-order valence-electron chi connectivity index (χ0n) is 13.4. The van der Waals surface area contributed by atoms with Crippen LogP contribution < -0.4 is 14.8 Å². The Bertz CT molecular complexity index is 514. The SMILES string of the molecule is CC[C@H](Oc1ccc(OC)cc1)C(=O)N[C@@H]1C[C@H]2CC[C@H]1C2. The van der Waals surface area contributed by atoms with Crippen LogP contribution in [0.5, 0.6) is 11.5 Å². The Balaban J connectivity index is 1.56. The highest BCUT2D eigenvalue weighted by molar-refractivity contribution is 5.81. The first-order valence-corrected chi connectivity index (χ1v) is 8.30. The smallest absolute Gasteiger partial charge is 0.261 e. The maximum atomic E-state index is 12.5. The molecule has 0 aromatic heterocycles. The van der Waals surface area contributed by atoms with E-state index in [2.05, 4.69) is 5.32 Å². The van der Waals surface area contributed by atoms with Gasteiger partial charge in [0, 0.05) is 6.04 Å². The number of amides is 1. The van der Waals surface area contributed by atoms with Crippen molar-refractivity contribution in [2.45, 2.75) is 51.2 Å². The number of fused-ring (bicyclic) bond motifs is 2. The highest BCUT2D eigenvalue weighted by Crippen LogP contribution is 2.44. The van der Waals surface area contributed by atoms with Crippen LogP contribution in [-0.4, -0.2) is 25.2 Å². The van der Waals surface area contributed by atoms with Gasteiger partial charge in [-0.15, -0.1) is 0 Å². The maximum Gasteiger partial charge on any atom is 0.261 e. The van der Waals surface area contributed by atoms with Crippen LogP contribution in [0.4, 0.5) is 0 Å². The summed E-state index contributed by atoms with van der Waals surface area (Å²) in [7, 11) is 1.63. The largest absolute Gasteiger partial charge is 0.497 e. The molecular formula is C18H25NO3. The summed E-state index contributed by atoms with van der Waals surface area (Å²) >= 11 is 0. The number of carbonyl (C=O) groups is 1. The van der Waals surface area contributed by atoms with Gasteiger partial charge in [0.05, 0.1) is 7.11 Å². The average Bonchev–Trinajstić information content (AvgIpc) is 3.15. The Morgan fingerprint density at radius 3 is 2.50 bits per heavy atom. The first-order valence-electron chi connectivity index (χ1n) is 8.30. The van der Waals surface area contributed by atoms with E-state index in [-0.39, 0.29) is 5.91 Å². The number of hydrogen-bond acceptors (Lipinski definition) is 3. The average molecular weight is 303 g/mol. The number of ether oxygens (including phenoxy) is 2. The van der Waals surface area contributed by atoms with Gasteiger partial charge in [0.2, 0.25) is 0 Å². The van der Waals surface area contributed by atoms with Gasteiger partial charge in [-0.1, -0.05) is 13.3 Å². The summed E-state index contributed by atoms with van der Waals surface area (Å²) in [6.45, 7) is 1.98. The van der Waals surface area contributed by atoms with Crippen molar-refractivity contribution in [3.8, 4) is 11.5 Å². The van der Waals surface area contributed by atoms with Crippen LogP contribution in [0.2, 0.25) is 0 Å². The fourth-order valence-electron chi connectivity index (χ4n) is 3.84. The third-order valence-corrected chi connectivity index (χ3v) is 5.07. The third-order valence-electron chi connectivity index (χ3n) is 5.07. The molecular weight excluding hydrogens is 278 g/mol. The highest BCUT2D eigenvalue weighted by atomic mass is 16.5. The van der Waals surface area contributed by atoms with Crippen LogP contribution in [0.1, 0.15) is 39.0 Å². The van der Waals surface area contributed by atoms with Crippen LogP contribution in [-0.2, 0) is 4.79 Å². The summed E-state index contributed by atoms with van der Waals surface area (Å²) in [5, 5.41) is 3.22. The molecule has 0 aliphatic heterocycles. The Hall–Kier alpha value is -1.71. The molecule has 1 aromatic rings. The summed E-state index contributed by atoms with van der Waals surface area (Å²) in [5.41, 5.74) is 0. The topological polar surface area (TPSA) is 47.6 Å². The Morgan fingerprint density at radius 2 is 1.95 bits per heavy atom. The highest BCUT2D eigenvalue weighted by Gasteiger charge is 2.40.